The third-order valence-electron chi connectivity index (χ3n) is 2.50. The zero-order valence-electron chi connectivity index (χ0n) is 10.5. The van der Waals surface area contributed by atoms with Crippen molar-refractivity contribution in [1.29, 1.82) is 0 Å². The van der Waals surface area contributed by atoms with E-state index in [9.17, 15) is 4.79 Å². The lowest BCUT2D eigenvalue weighted by Gasteiger charge is -2.06. The number of carbonyl (C=O) groups excluding carboxylic acids is 1. The second kappa shape index (κ2) is 6.35. The minimum Gasteiger partial charge on any atom is -0.464 e. The third kappa shape index (κ3) is 3.42. The van der Waals surface area contributed by atoms with E-state index in [4.69, 9.17) is 4.74 Å². The second-order valence-corrected chi connectivity index (χ2v) is 3.80. The standard InChI is InChI=1S/C15H14N2O2/c1-19-15(18)14(12-8-4-2-5-9-12)17-16-13-10-6-3-7-11-13/h2-11,16H,1H3. The molecule has 0 saturated carbocycles. The normalized spacial score (nSPS) is 10.9. The summed E-state index contributed by atoms with van der Waals surface area (Å²) in [5.41, 5.74) is 4.60. The molecule has 2 aromatic carbocycles. The van der Waals surface area contributed by atoms with Gasteiger partial charge in [-0.05, 0) is 12.1 Å². The lowest BCUT2D eigenvalue weighted by molar-refractivity contribution is -0.132. The fraction of sp³-hybridized carbons (Fsp3) is 0.0667. The van der Waals surface area contributed by atoms with E-state index < -0.39 is 5.97 Å². The van der Waals surface area contributed by atoms with E-state index in [2.05, 4.69) is 10.5 Å². The van der Waals surface area contributed by atoms with Crippen LogP contribution in [0.3, 0.4) is 0 Å². The van der Waals surface area contributed by atoms with Crippen molar-refractivity contribution >= 4 is 17.4 Å². The van der Waals surface area contributed by atoms with Crippen molar-refractivity contribution in [3.63, 3.8) is 0 Å². The number of hydrazone groups is 1. The van der Waals surface area contributed by atoms with Crippen LogP contribution in [0.15, 0.2) is 65.8 Å². The van der Waals surface area contributed by atoms with Crippen LogP contribution >= 0.6 is 0 Å². The van der Waals surface area contributed by atoms with E-state index >= 15 is 0 Å². The van der Waals surface area contributed by atoms with Crippen molar-refractivity contribution in [2.45, 2.75) is 0 Å². The van der Waals surface area contributed by atoms with Crippen LogP contribution in [0.4, 0.5) is 5.69 Å². The van der Waals surface area contributed by atoms with Crippen molar-refractivity contribution in [3.05, 3.63) is 66.2 Å². The summed E-state index contributed by atoms with van der Waals surface area (Å²) in [4.78, 5) is 11.7. The number of ether oxygens (including phenoxy) is 1. The van der Waals surface area contributed by atoms with Crippen LogP contribution in [-0.4, -0.2) is 18.8 Å². The van der Waals surface area contributed by atoms with Crippen LogP contribution < -0.4 is 5.43 Å². The van der Waals surface area contributed by atoms with Crippen LogP contribution in [0, 0.1) is 0 Å². The maximum absolute atomic E-state index is 11.7. The molecule has 96 valence electrons. The summed E-state index contributed by atoms with van der Waals surface area (Å²) in [5, 5.41) is 4.13. The highest BCUT2D eigenvalue weighted by Gasteiger charge is 2.14. The van der Waals surface area contributed by atoms with Gasteiger partial charge in [-0.1, -0.05) is 48.5 Å². The van der Waals surface area contributed by atoms with E-state index in [1.807, 2.05) is 60.7 Å². The second-order valence-electron chi connectivity index (χ2n) is 3.80. The number of para-hydroxylation sites is 1. The molecule has 0 radical (unpaired) electrons. The number of anilines is 1. The Kier molecular flexibility index (Phi) is 4.29. The molecule has 0 spiro atoms. The zero-order valence-corrected chi connectivity index (χ0v) is 10.5. The first-order chi connectivity index (χ1) is 9.31. The molecule has 0 fully saturated rings. The number of esters is 1. The number of hydrogen-bond acceptors (Lipinski definition) is 4. The Morgan fingerprint density at radius 2 is 1.58 bits per heavy atom. The molecule has 2 rings (SSSR count). The highest BCUT2D eigenvalue weighted by molar-refractivity contribution is 6.43. The van der Waals surface area contributed by atoms with Gasteiger partial charge >= 0.3 is 5.97 Å². The van der Waals surface area contributed by atoms with Crippen molar-refractivity contribution < 1.29 is 9.53 Å². The van der Waals surface area contributed by atoms with Crippen LogP contribution in [0.25, 0.3) is 0 Å². The molecule has 1 N–H and O–H groups in total. The van der Waals surface area contributed by atoms with Gasteiger partial charge in [0.25, 0.3) is 0 Å². The minimum absolute atomic E-state index is 0.243. The third-order valence-corrected chi connectivity index (χ3v) is 2.50. The maximum atomic E-state index is 11.7. The molecule has 0 amide bonds. The SMILES string of the molecule is COC(=O)C(=NNc1ccccc1)c1ccccc1. The fourth-order valence-corrected chi connectivity index (χ4v) is 1.55. The van der Waals surface area contributed by atoms with Crippen LogP contribution in [0.5, 0.6) is 0 Å². The summed E-state index contributed by atoms with van der Waals surface area (Å²) in [7, 11) is 1.34. The Hall–Kier alpha value is -2.62. The van der Waals surface area contributed by atoms with Gasteiger partial charge in [0.15, 0.2) is 5.71 Å². The van der Waals surface area contributed by atoms with Gasteiger partial charge in [-0.15, -0.1) is 0 Å². The Labute approximate surface area is 111 Å². The van der Waals surface area contributed by atoms with Crippen molar-refractivity contribution in [3.8, 4) is 0 Å². The molecule has 0 atom stereocenters. The summed E-state index contributed by atoms with van der Waals surface area (Å²) >= 11 is 0. The number of nitrogens with one attached hydrogen (secondary N) is 1. The molecule has 4 heteroatoms. The fourth-order valence-electron chi connectivity index (χ4n) is 1.55. The van der Waals surface area contributed by atoms with Crippen LogP contribution in [-0.2, 0) is 9.53 Å². The largest absolute Gasteiger partial charge is 0.464 e. The van der Waals surface area contributed by atoms with Crippen molar-refractivity contribution in [2.24, 2.45) is 5.10 Å². The van der Waals surface area contributed by atoms with E-state index in [-0.39, 0.29) is 5.71 Å². The van der Waals surface area contributed by atoms with E-state index in [0.29, 0.717) is 5.56 Å². The van der Waals surface area contributed by atoms with Gasteiger partial charge in [0, 0.05) is 5.56 Å². The number of rotatable bonds is 4. The molecular formula is C15H14N2O2. The zero-order chi connectivity index (χ0) is 13.5. The molecular weight excluding hydrogens is 240 g/mol. The predicted molar refractivity (Wildman–Crippen MR) is 75.1 cm³/mol. The molecule has 0 saturated heterocycles. The maximum Gasteiger partial charge on any atom is 0.359 e. The van der Waals surface area contributed by atoms with Gasteiger partial charge in [0.05, 0.1) is 12.8 Å². The smallest absolute Gasteiger partial charge is 0.359 e. The Morgan fingerprint density at radius 1 is 1.00 bits per heavy atom. The first-order valence-electron chi connectivity index (χ1n) is 5.84. The van der Waals surface area contributed by atoms with Gasteiger partial charge in [-0.3, -0.25) is 5.43 Å². The molecule has 0 aliphatic rings. The monoisotopic (exact) mass is 254 g/mol. The molecule has 4 nitrogen and oxygen atoms in total. The first kappa shape index (κ1) is 12.8. The van der Waals surface area contributed by atoms with E-state index in [1.165, 1.54) is 7.11 Å². The number of benzene rings is 2. The topological polar surface area (TPSA) is 50.7 Å². The summed E-state index contributed by atoms with van der Waals surface area (Å²) in [5.74, 6) is -0.477. The molecule has 0 heterocycles. The highest BCUT2D eigenvalue weighted by atomic mass is 16.5. The summed E-state index contributed by atoms with van der Waals surface area (Å²) in [6.07, 6.45) is 0. The van der Waals surface area contributed by atoms with Crippen molar-refractivity contribution in [2.75, 3.05) is 12.5 Å². The molecule has 0 aliphatic carbocycles. The molecule has 0 bridgehead atoms. The molecule has 0 aromatic heterocycles. The summed E-state index contributed by atoms with van der Waals surface area (Å²) in [6, 6.07) is 18.6. The number of hydrogen-bond donors (Lipinski definition) is 1. The quantitative estimate of drug-likeness (QED) is 0.518. The lowest BCUT2D eigenvalue weighted by Crippen LogP contribution is -2.18. The molecule has 0 unspecified atom stereocenters. The molecule has 0 aliphatic heterocycles. The predicted octanol–water partition coefficient (Wildman–Crippen LogP) is 2.68. The Balaban J connectivity index is 2.26. The van der Waals surface area contributed by atoms with Gasteiger partial charge < -0.3 is 4.74 Å². The van der Waals surface area contributed by atoms with Crippen LogP contribution in [0.1, 0.15) is 5.56 Å². The van der Waals surface area contributed by atoms with Crippen molar-refractivity contribution in [1.82, 2.24) is 0 Å². The average Bonchev–Trinajstić information content (AvgIpc) is 2.49. The van der Waals surface area contributed by atoms with Crippen LogP contribution in [0.2, 0.25) is 0 Å². The van der Waals surface area contributed by atoms with Gasteiger partial charge in [-0.25, -0.2) is 4.79 Å². The molecule has 19 heavy (non-hydrogen) atoms. The summed E-state index contributed by atoms with van der Waals surface area (Å²) in [6.45, 7) is 0. The minimum atomic E-state index is -0.477. The lowest BCUT2D eigenvalue weighted by atomic mass is 10.1. The van der Waals surface area contributed by atoms with E-state index in [0.717, 1.165) is 5.69 Å². The highest BCUT2D eigenvalue weighted by Crippen LogP contribution is 2.07. The Bertz CT molecular complexity index is 565. The van der Waals surface area contributed by atoms with E-state index in [1.54, 1.807) is 0 Å². The average molecular weight is 254 g/mol. The number of nitrogens with zero attached hydrogens (tertiary/aromatic N) is 1. The van der Waals surface area contributed by atoms with Gasteiger partial charge in [0.1, 0.15) is 0 Å². The number of methoxy groups -OCH3 is 1. The van der Waals surface area contributed by atoms with Gasteiger partial charge in [0.2, 0.25) is 0 Å². The Morgan fingerprint density at radius 3 is 2.16 bits per heavy atom. The number of carbonyl (C=O) groups is 1. The molecule has 2 aromatic rings. The first-order valence-corrected chi connectivity index (χ1v) is 5.84. The summed E-state index contributed by atoms with van der Waals surface area (Å²) < 4.78 is 4.75. The van der Waals surface area contributed by atoms with Gasteiger partial charge in [-0.2, -0.15) is 5.10 Å².